The first-order valence-electron chi connectivity index (χ1n) is 10.5. The summed E-state index contributed by atoms with van der Waals surface area (Å²) in [4.78, 5) is 32.4. The molecule has 0 radical (unpaired) electrons. The second-order valence-corrected chi connectivity index (χ2v) is 8.91. The van der Waals surface area contributed by atoms with Crippen molar-refractivity contribution >= 4 is 44.4 Å². The molecule has 2 aromatic heterocycles. The lowest BCUT2D eigenvalue weighted by atomic mass is 9.97. The molecule has 0 bridgehead atoms. The third-order valence-corrected chi connectivity index (χ3v) is 7.10. The zero-order valence-corrected chi connectivity index (χ0v) is 18.0. The molecular formula is C24H22N4O2S. The summed E-state index contributed by atoms with van der Waals surface area (Å²) in [6.45, 7) is 1.69. The molecule has 1 aliphatic carbocycles. The molecule has 5 rings (SSSR count). The molecule has 7 heteroatoms. The van der Waals surface area contributed by atoms with Crippen LogP contribution in [0, 0.1) is 0 Å². The highest BCUT2D eigenvalue weighted by Gasteiger charge is 2.23. The van der Waals surface area contributed by atoms with Gasteiger partial charge in [0.1, 0.15) is 10.9 Å². The van der Waals surface area contributed by atoms with Gasteiger partial charge in [-0.15, -0.1) is 11.3 Å². The van der Waals surface area contributed by atoms with E-state index in [0.717, 1.165) is 52.4 Å². The number of hydrazone groups is 1. The number of fused-ring (bicyclic) bond motifs is 4. The van der Waals surface area contributed by atoms with Gasteiger partial charge in [-0.3, -0.25) is 14.2 Å². The smallest absolute Gasteiger partial charge is 0.263 e. The molecule has 6 nitrogen and oxygen atoms in total. The SMILES string of the molecule is C[C@@H](C(=O)N/N=C\c1cccc2ccccc12)n1cnc2sc3c(c2c1=O)CCCC3. The van der Waals surface area contributed by atoms with E-state index < -0.39 is 6.04 Å². The topological polar surface area (TPSA) is 76.3 Å². The monoisotopic (exact) mass is 430 g/mol. The maximum Gasteiger partial charge on any atom is 0.263 e. The van der Waals surface area contributed by atoms with Gasteiger partial charge in [0.25, 0.3) is 11.5 Å². The van der Waals surface area contributed by atoms with Crippen molar-refractivity contribution in [3.05, 3.63) is 75.1 Å². The van der Waals surface area contributed by atoms with Crippen molar-refractivity contribution in [3.63, 3.8) is 0 Å². The van der Waals surface area contributed by atoms with Gasteiger partial charge in [-0.2, -0.15) is 5.10 Å². The molecule has 156 valence electrons. The molecule has 0 unspecified atom stereocenters. The van der Waals surface area contributed by atoms with Gasteiger partial charge in [0.05, 0.1) is 17.9 Å². The Labute approximate surface area is 183 Å². The summed E-state index contributed by atoms with van der Waals surface area (Å²) in [5.74, 6) is -0.358. The predicted molar refractivity (Wildman–Crippen MR) is 125 cm³/mol. The van der Waals surface area contributed by atoms with Gasteiger partial charge in [-0.05, 0) is 48.9 Å². The summed E-state index contributed by atoms with van der Waals surface area (Å²) < 4.78 is 1.41. The van der Waals surface area contributed by atoms with Crippen LogP contribution in [0.5, 0.6) is 0 Å². The first-order chi connectivity index (χ1) is 15.1. The lowest BCUT2D eigenvalue weighted by Gasteiger charge is -2.14. The maximum atomic E-state index is 13.2. The molecule has 1 atom stereocenters. The third kappa shape index (κ3) is 3.55. The first-order valence-corrected chi connectivity index (χ1v) is 11.3. The maximum absolute atomic E-state index is 13.2. The number of benzene rings is 2. The second kappa shape index (κ2) is 8.07. The van der Waals surface area contributed by atoms with E-state index in [0.29, 0.717) is 5.39 Å². The second-order valence-electron chi connectivity index (χ2n) is 7.83. The molecule has 0 saturated heterocycles. The molecule has 1 aliphatic rings. The van der Waals surface area contributed by atoms with Crippen LogP contribution in [-0.4, -0.2) is 21.7 Å². The Morgan fingerprint density at radius 1 is 1.19 bits per heavy atom. The van der Waals surface area contributed by atoms with Crippen LogP contribution in [0.4, 0.5) is 0 Å². The van der Waals surface area contributed by atoms with Crippen LogP contribution in [0.25, 0.3) is 21.0 Å². The van der Waals surface area contributed by atoms with Gasteiger partial charge in [0, 0.05) is 10.4 Å². The average molecular weight is 431 g/mol. The van der Waals surface area contributed by atoms with Crippen molar-refractivity contribution < 1.29 is 4.79 Å². The van der Waals surface area contributed by atoms with Gasteiger partial charge in [0.2, 0.25) is 0 Å². The number of thiophene rings is 1. The fourth-order valence-electron chi connectivity index (χ4n) is 4.18. The summed E-state index contributed by atoms with van der Waals surface area (Å²) in [5, 5.41) is 6.98. The van der Waals surface area contributed by atoms with Crippen LogP contribution in [0.1, 0.15) is 41.8 Å². The fraction of sp³-hybridized carbons (Fsp3) is 0.250. The number of nitrogens with zero attached hydrogens (tertiary/aromatic N) is 3. The van der Waals surface area contributed by atoms with Crippen molar-refractivity contribution in [2.24, 2.45) is 5.10 Å². The number of hydrogen-bond acceptors (Lipinski definition) is 5. The number of amides is 1. The summed E-state index contributed by atoms with van der Waals surface area (Å²) in [6, 6.07) is 13.2. The predicted octanol–water partition coefficient (Wildman–Crippen LogP) is 4.20. The van der Waals surface area contributed by atoms with E-state index in [9.17, 15) is 9.59 Å². The number of aryl methyl sites for hydroxylation is 2. The number of carbonyl (C=O) groups excluding carboxylic acids is 1. The normalized spacial score (nSPS) is 14.7. The van der Waals surface area contributed by atoms with Crippen molar-refractivity contribution in [3.8, 4) is 0 Å². The van der Waals surface area contributed by atoms with Crippen LogP contribution < -0.4 is 11.0 Å². The van der Waals surface area contributed by atoms with Crippen LogP contribution in [-0.2, 0) is 17.6 Å². The van der Waals surface area contributed by atoms with Gasteiger partial charge >= 0.3 is 0 Å². The standard InChI is InChI=1S/C24H22N4O2S/c1-15(22(29)27-26-13-17-9-6-8-16-7-2-3-10-18(16)17)28-14-25-23-21(24(28)30)19-11-4-5-12-20(19)31-23/h2-3,6-10,13-15H,4-5,11-12H2,1H3,(H,27,29)/b26-13-/t15-/m0/s1. The van der Waals surface area contributed by atoms with Crippen molar-refractivity contribution in [1.29, 1.82) is 0 Å². The Hall–Kier alpha value is -3.32. The Morgan fingerprint density at radius 2 is 2.00 bits per heavy atom. The van der Waals surface area contributed by atoms with Gasteiger partial charge in [-0.1, -0.05) is 42.5 Å². The minimum Gasteiger partial charge on any atom is -0.286 e. The highest BCUT2D eigenvalue weighted by atomic mass is 32.1. The van der Waals surface area contributed by atoms with E-state index in [2.05, 4.69) is 15.5 Å². The third-order valence-electron chi connectivity index (χ3n) is 5.90. The summed E-state index contributed by atoms with van der Waals surface area (Å²) in [5.41, 5.74) is 4.46. The van der Waals surface area contributed by atoms with Crippen LogP contribution in [0.15, 0.2) is 58.7 Å². The summed E-state index contributed by atoms with van der Waals surface area (Å²) in [6.07, 6.45) is 7.27. The lowest BCUT2D eigenvalue weighted by Crippen LogP contribution is -2.34. The molecular weight excluding hydrogens is 408 g/mol. The molecule has 2 aromatic carbocycles. The molecule has 0 aliphatic heterocycles. The zero-order chi connectivity index (χ0) is 21.4. The molecule has 0 fully saturated rings. The van der Waals surface area contributed by atoms with Crippen molar-refractivity contribution in [1.82, 2.24) is 15.0 Å². The number of aromatic nitrogens is 2. The molecule has 31 heavy (non-hydrogen) atoms. The van der Waals surface area contributed by atoms with Crippen LogP contribution in [0.3, 0.4) is 0 Å². The van der Waals surface area contributed by atoms with E-state index in [4.69, 9.17) is 0 Å². The summed E-state index contributed by atoms with van der Waals surface area (Å²) >= 11 is 1.61. The molecule has 2 heterocycles. The van der Waals surface area contributed by atoms with E-state index in [1.54, 1.807) is 24.5 Å². The minimum atomic E-state index is -0.715. The minimum absolute atomic E-state index is 0.148. The number of nitrogens with one attached hydrogen (secondary N) is 1. The van der Waals surface area contributed by atoms with Gasteiger partial charge < -0.3 is 0 Å². The molecule has 0 spiro atoms. The van der Waals surface area contributed by atoms with E-state index in [1.165, 1.54) is 15.8 Å². The Morgan fingerprint density at radius 3 is 2.90 bits per heavy atom. The van der Waals surface area contributed by atoms with E-state index >= 15 is 0 Å². The quantitative estimate of drug-likeness (QED) is 0.389. The average Bonchev–Trinajstić information content (AvgIpc) is 3.18. The van der Waals surface area contributed by atoms with Gasteiger partial charge in [-0.25, -0.2) is 10.4 Å². The molecule has 1 N–H and O–H groups in total. The summed E-state index contributed by atoms with van der Waals surface area (Å²) in [7, 11) is 0. The highest BCUT2D eigenvalue weighted by molar-refractivity contribution is 7.18. The fourth-order valence-corrected chi connectivity index (χ4v) is 5.40. The molecule has 4 aromatic rings. The lowest BCUT2D eigenvalue weighted by molar-refractivity contribution is -0.123. The van der Waals surface area contributed by atoms with Gasteiger partial charge in [0.15, 0.2) is 0 Å². The van der Waals surface area contributed by atoms with E-state index in [-0.39, 0.29) is 11.5 Å². The number of hydrogen-bond donors (Lipinski definition) is 1. The molecule has 1 amide bonds. The van der Waals surface area contributed by atoms with Crippen molar-refractivity contribution in [2.45, 2.75) is 38.6 Å². The first kappa shape index (κ1) is 19.6. The highest BCUT2D eigenvalue weighted by Crippen LogP contribution is 2.33. The van der Waals surface area contributed by atoms with Crippen LogP contribution >= 0.6 is 11.3 Å². The zero-order valence-electron chi connectivity index (χ0n) is 17.2. The Kier molecular flexibility index (Phi) is 5.11. The Balaban J connectivity index is 1.39. The Bertz CT molecular complexity index is 1380. The van der Waals surface area contributed by atoms with E-state index in [1.807, 2.05) is 42.5 Å². The van der Waals surface area contributed by atoms with Crippen molar-refractivity contribution in [2.75, 3.05) is 0 Å². The number of rotatable bonds is 4. The largest absolute Gasteiger partial charge is 0.286 e. The molecule has 0 saturated carbocycles. The number of carbonyl (C=O) groups is 1. The van der Waals surface area contributed by atoms with Crippen LogP contribution in [0.2, 0.25) is 0 Å².